The van der Waals surface area contributed by atoms with Gasteiger partial charge in [-0.15, -0.1) is 0 Å². The number of aromatic nitrogens is 2. The molecule has 1 atom stereocenters. The third-order valence-corrected chi connectivity index (χ3v) is 4.89. The Morgan fingerprint density at radius 1 is 1.35 bits per heavy atom. The van der Waals surface area contributed by atoms with Crippen molar-refractivity contribution in [3.63, 3.8) is 0 Å². The standard InChI is InChI=1S/C19H17ClF4N4O3/c20-13-7-11(1-2-12(13)19(22,23)24)26-18(31)10-3-5-28(6-4-10)17-16(21)27-14(8-25-17)15(30)9-29/h1-3,7-8,15,29-30H,4-6,9H2,(H,26,31)/t15-/m0/s1. The minimum Gasteiger partial charge on any atom is -0.393 e. The number of hydrogen-bond acceptors (Lipinski definition) is 6. The summed E-state index contributed by atoms with van der Waals surface area (Å²) in [7, 11) is 0. The Bertz CT molecular complexity index is 1020. The number of hydrogen-bond donors (Lipinski definition) is 3. The first-order chi connectivity index (χ1) is 14.6. The van der Waals surface area contributed by atoms with Gasteiger partial charge >= 0.3 is 6.18 Å². The Labute approximate surface area is 179 Å². The van der Waals surface area contributed by atoms with Crippen LogP contribution in [0, 0.1) is 5.95 Å². The molecule has 1 aliphatic rings. The van der Waals surface area contributed by atoms with Gasteiger partial charge in [-0.2, -0.15) is 17.6 Å². The number of aliphatic hydroxyl groups excluding tert-OH is 2. The maximum absolute atomic E-state index is 14.2. The highest BCUT2D eigenvalue weighted by atomic mass is 35.5. The van der Waals surface area contributed by atoms with Gasteiger partial charge in [-0.25, -0.2) is 9.97 Å². The van der Waals surface area contributed by atoms with Gasteiger partial charge < -0.3 is 20.4 Å². The van der Waals surface area contributed by atoms with Crippen molar-refractivity contribution in [2.24, 2.45) is 0 Å². The molecule has 0 aliphatic carbocycles. The SMILES string of the molecule is O=C(Nc1ccc(C(F)(F)F)c(Cl)c1)C1=CCN(c2ncc([C@@H](O)CO)nc2F)CC1. The van der Waals surface area contributed by atoms with Crippen LogP contribution in [0.1, 0.15) is 23.8 Å². The Kier molecular flexibility index (Phi) is 6.77. The maximum Gasteiger partial charge on any atom is 0.417 e. The molecule has 3 rings (SSSR count). The first-order valence-electron chi connectivity index (χ1n) is 9.03. The molecule has 0 bridgehead atoms. The van der Waals surface area contributed by atoms with E-state index in [9.17, 15) is 27.5 Å². The molecule has 0 unspecified atom stereocenters. The van der Waals surface area contributed by atoms with Crippen molar-refractivity contribution in [3.05, 3.63) is 58.3 Å². The van der Waals surface area contributed by atoms with Gasteiger partial charge in [-0.3, -0.25) is 4.79 Å². The highest BCUT2D eigenvalue weighted by Crippen LogP contribution is 2.36. The van der Waals surface area contributed by atoms with Crippen LogP contribution >= 0.6 is 11.6 Å². The number of carbonyl (C=O) groups excluding carboxylic acids is 1. The van der Waals surface area contributed by atoms with Gasteiger partial charge in [0.25, 0.3) is 11.9 Å². The Morgan fingerprint density at radius 2 is 2.10 bits per heavy atom. The molecule has 2 heterocycles. The van der Waals surface area contributed by atoms with Gasteiger partial charge in [0.2, 0.25) is 0 Å². The summed E-state index contributed by atoms with van der Waals surface area (Å²) in [4.78, 5) is 21.5. The second kappa shape index (κ2) is 9.16. The number of carbonyl (C=O) groups is 1. The van der Waals surface area contributed by atoms with E-state index in [1.165, 1.54) is 4.90 Å². The number of alkyl halides is 3. The van der Waals surface area contributed by atoms with Crippen LogP contribution in [0.5, 0.6) is 0 Å². The average molecular weight is 461 g/mol. The lowest BCUT2D eigenvalue weighted by Crippen LogP contribution is -2.33. The number of halogens is 5. The van der Waals surface area contributed by atoms with Gasteiger partial charge in [-0.1, -0.05) is 17.7 Å². The summed E-state index contributed by atoms with van der Waals surface area (Å²) >= 11 is 5.65. The number of benzene rings is 1. The molecule has 12 heteroatoms. The monoisotopic (exact) mass is 460 g/mol. The van der Waals surface area contributed by atoms with Gasteiger partial charge in [0.15, 0.2) is 5.82 Å². The van der Waals surface area contributed by atoms with E-state index >= 15 is 0 Å². The predicted molar refractivity (Wildman–Crippen MR) is 104 cm³/mol. The molecule has 3 N–H and O–H groups in total. The van der Waals surface area contributed by atoms with Gasteiger partial charge in [0.05, 0.1) is 29.1 Å². The van der Waals surface area contributed by atoms with Crippen LogP contribution in [0.25, 0.3) is 0 Å². The molecule has 1 aromatic heterocycles. The second-order valence-electron chi connectivity index (χ2n) is 6.68. The molecule has 2 aromatic rings. The fourth-order valence-electron chi connectivity index (χ4n) is 2.94. The van der Waals surface area contributed by atoms with Gasteiger partial charge in [0, 0.05) is 24.4 Å². The van der Waals surface area contributed by atoms with E-state index in [1.54, 1.807) is 6.08 Å². The van der Waals surface area contributed by atoms with Gasteiger partial charge in [0.1, 0.15) is 6.10 Å². The Balaban J connectivity index is 1.66. The van der Waals surface area contributed by atoms with Crippen molar-refractivity contribution in [2.75, 3.05) is 29.9 Å². The third kappa shape index (κ3) is 5.30. The summed E-state index contributed by atoms with van der Waals surface area (Å²) in [6, 6.07) is 2.91. The van der Waals surface area contributed by atoms with Crippen LogP contribution in [0.4, 0.5) is 29.1 Å². The highest BCUT2D eigenvalue weighted by molar-refractivity contribution is 6.31. The van der Waals surface area contributed by atoms with E-state index in [2.05, 4.69) is 15.3 Å². The normalized spacial score (nSPS) is 15.5. The van der Waals surface area contributed by atoms with Gasteiger partial charge in [-0.05, 0) is 24.6 Å². The largest absolute Gasteiger partial charge is 0.417 e. The summed E-state index contributed by atoms with van der Waals surface area (Å²) < 4.78 is 52.5. The van der Waals surface area contributed by atoms with Crippen LogP contribution < -0.4 is 10.2 Å². The summed E-state index contributed by atoms with van der Waals surface area (Å²) in [5, 5.41) is 20.4. The van der Waals surface area contributed by atoms with Crippen LogP contribution in [0.15, 0.2) is 36.0 Å². The molecule has 1 aromatic carbocycles. The summed E-state index contributed by atoms with van der Waals surface area (Å²) in [5.74, 6) is -1.51. The second-order valence-corrected chi connectivity index (χ2v) is 7.09. The highest BCUT2D eigenvalue weighted by Gasteiger charge is 2.33. The zero-order valence-corrected chi connectivity index (χ0v) is 16.6. The smallest absolute Gasteiger partial charge is 0.393 e. The van der Waals surface area contributed by atoms with Crippen LogP contribution in [-0.4, -0.2) is 45.8 Å². The molecule has 0 saturated carbocycles. The first-order valence-corrected chi connectivity index (χ1v) is 9.41. The molecule has 1 aliphatic heterocycles. The quantitative estimate of drug-likeness (QED) is 0.593. The molecule has 0 radical (unpaired) electrons. The fourth-order valence-corrected chi connectivity index (χ4v) is 3.23. The van der Waals surface area contributed by atoms with E-state index in [4.69, 9.17) is 16.7 Å². The molecule has 166 valence electrons. The lowest BCUT2D eigenvalue weighted by Gasteiger charge is -2.27. The topological polar surface area (TPSA) is 98.6 Å². The molecule has 0 spiro atoms. The van der Waals surface area contributed by atoms with E-state index in [0.717, 1.165) is 24.4 Å². The minimum absolute atomic E-state index is 0.0703. The van der Waals surface area contributed by atoms with E-state index in [0.29, 0.717) is 5.57 Å². The van der Waals surface area contributed by atoms with Crippen LogP contribution in [-0.2, 0) is 11.0 Å². The lowest BCUT2D eigenvalue weighted by molar-refractivity contribution is -0.137. The zero-order valence-electron chi connectivity index (χ0n) is 15.8. The molecule has 31 heavy (non-hydrogen) atoms. The number of rotatable bonds is 5. The summed E-state index contributed by atoms with van der Waals surface area (Å²) in [5.41, 5.74) is -0.624. The minimum atomic E-state index is -4.60. The number of nitrogens with one attached hydrogen (secondary N) is 1. The summed E-state index contributed by atoms with van der Waals surface area (Å²) in [6.45, 7) is -0.243. The number of nitrogens with zero attached hydrogens (tertiary/aromatic N) is 3. The third-order valence-electron chi connectivity index (χ3n) is 4.58. The lowest BCUT2D eigenvalue weighted by atomic mass is 10.1. The van der Waals surface area contributed by atoms with Crippen molar-refractivity contribution < 1.29 is 32.6 Å². The average Bonchev–Trinajstić information content (AvgIpc) is 2.72. The van der Waals surface area contributed by atoms with Crippen molar-refractivity contribution in [2.45, 2.75) is 18.7 Å². The Morgan fingerprint density at radius 3 is 2.65 bits per heavy atom. The molecule has 0 fully saturated rings. The molecule has 7 nitrogen and oxygen atoms in total. The number of aliphatic hydroxyl groups is 2. The maximum atomic E-state index is 14.2. The predicted octanol–water partition coefficient (Wildman–Crippen LogP) is 3.09. The molecule has 0 saturated heterocycles. The first kappa shape index (κ1) is 22.9. The van der Waals surface area contributed by atoms with E-state index < -0.39 is 41.3 Å². The fraction of sp³-hybridized carbons (Fsp3) is 0.316. The van der Waals surface area contributed by atoms with Crippen LogP contribution in [0.3, 0.4) is 0 Å². The summed E-state index contributed by atoms with van der Waals surface area (Å²) in [6.07, 6.45) is -3.02. The molecular formula is C19H17ClF4N4O3. The van der Waals surface area contributed by atoms with Crippen molar-refractivity contribution in [3.8, 4) is 0 Å². The molecule has 1 amide bonds. The Hall–Kier alpha value is -2.76. The number of anilines is 2. The van der Waals surface area contributed by atoms with E-state index in [1.807, 2.05) is 0 Å². The van der Waals surface area contributed by atoms with Crippen molar-refractivity contribution >= 4 is 29.0 Å². The van der Waals surface area contributed by atoms with Crippen molar-refractivity contribution in [1.82, 2.24) is 9.97 Å². The van der Waals surface area contributed by atoms with Crippen molar-refractivity contribution in [1.29, 1.82) is 0 Å². The zero-order chi connectivity index (χ0) is 22.8. The molecular weight excluding hydrogens is 444 g/mol. The van der Waals surface area contributed by atoms with E-state index in [-0.39, 0.29) is 36.7 Å². The number of amides is 1. The van der Waals surface area contributed by atoms with Crippen LogP contribution in [0.2, 0.25) is 5.02 Å².